The predicted molar refractivity (Wildman–Crippen MR) is 59.9 cm³/mol. The van der Waals surface area contributed by atoms with Gasteiger partial charge in [-0.25, -0.2) is 4.98 Å². The van der Waals surface area contributed by atoms with Gasteiger partial charge in [-0.05, 0) is 45.2 Å². The first-order valence-electron chi connectivity index (χ1n) is 6.10. The van der Waals surface area contributed by atoms with E-state index in [4.69, 9.17) is 0 Å². The van der Waals surface area contributed by atoms with Crippen molar-refractivity contribution in [2.45, 2.75) is 38.6 Å². The highest BCUT2D eigenvalue weighted by molar-refractivity contribution is 5.11. The third-order valence-corrected chi connectivity index (χ3v) is 3.78. The van der Waals surface area contributed by atoms with Crippen LogP contribution in [0.25, 0.3) is 0 Å². The molecular formula is C12H19N3. The average Bonchev–Trinajstić information content (AvgIpc) is 2.56. The third-order valence-electron chi connectivity index (χ3n) is 3.78. The molecule has 0 bridgehead atoms. The van der Waals surface area contributed by atoms with E-state index in [2.05, 4.69) is 28.0 Å². The maximum absolute atomic E-state index is 4.61. The molecule has 1 fully saturated rings. The fourth-order valence-corrected chi connectivity index (χ4v) is 2.77. The van der Waals surface area contributed by atoms with Gasteiger partial charge in [0.2, 0.25) is 0 Å². The number of hydrogen-bond donors (Lipinski definition) is 1. The van der Waals surface area contributed by atoms with Gasteiger partial charge in [-0.2, -0.15) is 0 Å². The lowest BCUT2D eigenvalue weighted by molar-refractivity contribution is 0.327. The van der Waals surface area contributed by atoms with Gasteiger partial charge in [-0.1, -0.05) is 0 Å². The van der Waals surface area contributed by atoms with Crippen molar-refractivity contribution in [1.29, 1.82) is 0 Å². The van der Waals surface area contributed by atoms with Crippen LogP contribution in [0.5, 0.6) is 0 Å². The first-order chi connectivity index (χ1) is 7.34. The number of hydrogen-bond acceptors (Lipinski definition) is 2. The lowest BCUT2D eigenvalue weighted by Crippen LogP contribution is -2.43. The molecule has 1 unspecified atom stereocenters. The Labute approximate surface area is 90.9 Å². The van der Waals surface area contributed by atoms with E-state index in [0.717, 1.165) is 12.3 Å². The summed E-state index contributed by atoms with van der Waals surface area (Å²) in [5.74, 6) is 2.15. The van der Waals surface area contributed by atoms with Crippen LogP contribution in [0.4, 0.5) is 0 Å². The topological polar surface area (TPSA) is 29.9 Å². The van der Waals surface area contributed by atoms with E-state index in [0.29, 0.717) is 6.04 Å². The van der Waals surface area contributed by atoms with Gasteiger partial charge in [0.25, 0.3) is 0 Å². The molecule has 15 heavy (non-hydrogen) atoms. The molecule has 3 heteroatoms. The summed E-state index contributed by atoms with van der Waals surface area (Å²) in [5.41, 5.74) is 1.45. The number of fused-ring (bicyclic) bond motifs is 1. The number of nitrogens with zero attached hydrogens (tertiary/aromatic N) is 2. The Morgan fingerprint density at radius 2 is 2.40 bits per heavy atom. The Hall–Kier alpha value is -0.830. The van der Waals surface area contributed by atoms with Crippen molar-refractivity contribution in [2.75, 3.05) is 13.1 Å². The molecule has 0 aliphatic carbocycles. The molecule has 0 spiro atoms. The summed E-state index contributed by atoms with van der Waals surface area (Å²) in [4.78, 5) is 4.61. The van der Waals surface area contributed by atoms with Crippen LogP contribution in [0, 0.1) is 5.92 Å². The number of imidazole rings is 1. The van der Waals surface area contributed by atoms with Crippen LogP contribution in [0.1, 0.15) is 37.3 Å². The summed E-state index contributed by atoms with van der Waals surface area (Å²) in [5, 5.41) is 3.33. The smallest absolute Gasteiger partial charge is 0.109 e. The summed E-state index contributed by atoms with van der Waals surface area (Å²) in [6.07, 6.45) is 7.13. The molecular weight excluding hydrogens is 186 g/mol. The zero-order chi connectivity index (χ0) is 10.3. The predicted octanol–water partition coefficient (Wildman–Crippen LogP) is 1.54. The zero-order valence-electron chi connectivity index (χ0n) is 9.37. The molecule has 1 atom stereocenters. The van der Waals surface area contributed by atoms with Gasteiger partial charge in [0.1, 0.15) is 5.82 Å². The Kier molecular flexibility index (Phi) is 2.28. The molecule has 3 heterocycles. The molecule has 1 aromatic heterocycles. The van der Waals surface area contributed by atoms with Gasteiger partial charge >= 0.3 is 0 Å². The molecule has 3 rings (SSSR count). The van der Waals surface area contributed by atoms with Crippen LogP contribution in [0.15, 0.2) is 6.20 Å². The average molecular weight is 205 g/mol. The van der Waals surface area contributed by atoms with Gasteiger partial charge < -0.3 is 9.88 Å². The van der Waals surface area contributed by atoms with Crippen LogP contribution >= 0.6 is 0 Å². The summed E-state index contributed by atoms with van der Waals surface area (Å²) < 4.78 is 2.49. The number of nitrogens with one attached hydrogen (secondary N) is 1. The van der Waals surface area contributed by atoms with Crippen molar-refractivity contribution in [3.05, 3.63) is 17.7 Å². The Bertz CT molecular complexity index is 352. The van der Waals surface area contributed by atoms with Crippen LogP contribution in [-0.4, -0.2) is 22.6 Å². The Morgan fingerprint density at radius 3 is 3.13 bits per heavy atom. The number of rotatable bonds is 2. The number of aryl methyl sites for hydroxylation is 1. The summed E-state index contributed by atoms with van der Waals surface area (Å²) in [6, 6.07) is 0.666. The molecule has 1 aromatic rings. The summed E-state index contributed by atoms with van der Waals surface area (Å²) >= 11 is 0. The van der Waals surface area contributed by atoms with Crippen LogP contribution in [0.2, 0.25) is 0 Å². The van der Waals surface area contributed by atoms with Gasteiger partial charge in [-0.3, -0.25) is 0 Å². The molecule has 1 N–H and O–H groups in total. The van der Waals surface area contributed by atoms with Gasteiger partial charge in [0.15, 0.2) is 0 Å². The minimum Gasteiger partial charge on any atom is -0.329 e. The van der Waals surface area contributed by atoms with Crippen LogP contribution in [0.3, 0.4) is 0 Å². The highest BCUT2D eigenvalue weighted by Crippen LogP contribution is 2.27. The molecule has 0 aromatic carbocycles. The quantitative estimate of drug-likeness (QED) is 0.793. The molecule has 0 saturated carbocycles. The molecule has 2 aliphatic rings. The monoisotopic (exact) mass is 205 g/mol. The highest BCUT2D eigenvalue weighted by Gasteiger charge is 2.24. The normalized spacial score (nSPS) is 26.1. The lowest BCUT2D eigenvalue weighted by Gasteiger charge is -2.29. The number of aromatic nitrogens is 2. The third kappa shape index (κ3) is 1.59. The molecule has 2 aliphatic heterocycles. The second-order valence-corrected chi connectivity index (χ2v) is 5.01. The molecule has 3 nitrogen and oxygen atoms in total. The Morgan fingerprint density at radius 1 is 1.53 bits per heavy atom. The highest BCUT2D eigenvalue weighted by atomic mass is 15.1. The fraction of sp³-hybridized carbons (Fsp3) is 0.750. The first-order valence-corrected chi connectivity index (χ1v) is 6.10. The van der Waals surface area contributed by atoms with Crippen molar-refractivity contribution >= 4 is 0 Å². The van der Waals surface area contributed by atoms with Crippen molar-refractivity contribution < 1.29 is 0 Å². The van der Waals surface area contributed by atoms with E-state index in [1.165, 1.54) is 43.9 Å². The van der Waals surface area contributed by atoms with E-state index >= 15 is 0 Å². The largest absolute Gasteiger partial charge is 0.329 e. The van der Waals surface area contributed by atoms with E-state index in [1.807, 2.05) is 0 Å². The fourth-order valence-electron chi connectivity index (χ4n) is 2.77. The molecule has 0 amide bonds. The van der Waals surface area contributed by atoms with Crippen molar-refractivity contribution in [3.8, 4) is 0 Å². The van der Waals surface area contributed by atoms with E-state index in [1.54, 1.807) is 0 Å². The van der Waals surface area contributed by atoms with Crippen molar-refractivity contribution in [2.24, 2.45) is 5.92 Å². The maximum atomic E-state index is 4.61. The minimum absolute atomic E-state index is 0.666. The zero-order valence-corrected chi connectivity index (χ0v) is 9.37. The van der Waals surface area contributed by atoms with Crippen molar-refractivity contribution in [3.63, 3.8) is 0 Å². The SMILES string of the molecule is CC1CCCc2cnc(CC3CNC3)n21. The molecule has 82 valence electrons. The Balaban J connectivity index is 1.84. The lowest BCUT2D eigenvalue weighted by atomic mass is 9.98. The van der Waals surface area contributed by atoms with Crippen LogP contribution in [-0.2, 0) is 12.8 Å². The van der Waals surface area contributed by atoms with E-state index < -0.39 is 0 Å². The van der Waals surface area contributed by atoms with Gasteiger partial charge in [0.05, 0.1) is 0 Å². The second-order valence-electron chi connectivity index (χ2n) is 5.01. The summed E-state index contributed by atoms with van der Waals surface area (Å²) in [6.45, 7) is 4.68. The van der Waals surface area contributed by atoms with Gasteiger partial charge in [0, 0.05) is 24.4 Å². The van der Waals surface area contributed by atoms with E-state index in [9.17, 15) is 0 Å². The molecule has 0 radical (unpaired) electrons. The van der Waals surface area contributed by atoms with Crippen molar-refractivity contribution in [1.82, 2.24) is 14.9 Å². The summed E-state index contributed by atoms with van der Waals surface area (Å²) in [7, 11) is 0. The minimum atomic E-state index is 0.666. The first kappa shape index (κ1) is 9.40. The second kappa shape index (κ2) is 3.63. The van der Waals surface area contributed by atoms with Crippen LogP contribution < -0.4 is 5.32 Å². The van der Waals surface area contributed by atoms with E-state index in [-0.39, 0.29) is 0 Å². The molecule has 1 saturated heterocycles. The maximum Gasteiger partial charge on any atom is 0.109 e. The standard InChI is InChI=1S/C12H19N3/c1-9-3-2-4-11-8-14-12(15(9)11)5-10-6-13-7-10/h8-10,13H,2-7H2,1H3. The van der Waals surface area contributed by atoms with Gasteiger partial charge in [-0.15, -0.1) is 0 Å².